The van der Waals surface area contributed by atoms with E-state index in [2.05, 4.69) is 12.6 Å². The van der Waals surface area contributed by atoms with Crippen molar-refractivity contribution in [2.24, 2.45) is 0 Å². The molecule has 0 aliphatic rings. The molecule has 0 spiro atoms. The van der Waals surface area contributed by atoms with Gasteiger partial charge in [-0.3, -0.25) is 4.79 Å². The lowest BCUT2D eigenvalue weighted by atomic mass is 10.1. The van der Waals surface area contributed by atoms with Crippen molar-refractivity contribution in [3.05, 3.63) is 0 Å². The van der Waals surface area contributed by atoms with Gasteiger partial charge in [0.25, 0.3) is 0 Å². The van der Waals surface area contributed by atoms with E-state index in [1.165, 1.54) is 6.42 Å². The monoisotopic (exact) mass is 304 g/mol. The van der Waals surface area contributed by atoms with Crippen molar-refractivity contribution in [1.82, 2.24) is 0 Å². The fourth-order valence-corrected chi connectivity index (χ4v) is 1.14. The van der Waals surface area contributed by atoms with Crippen LogP contribution >= 0.6 is 36.6 Å². The normalized spacial score (nSPS) is 9.08. The summed E-state index contributed by atoms with van der Waals surface area (Å²) in [6.45, 7) is 0. The number of halogens is 1. The molecule has 0 aliphatic carbocycles. The van der Waals surface area contributed by atoms with Crippen molar-refractivity contribution in [2.45, 2.75) is 38.5 Å². The zero-order valence-corrected chi connectivity index (χ0v) is 10.4. The maximum atomic E-state index is 10.1. The van der Waals surface area contributed by atoms with Gasteiger partial charge in [-0.2, -0.15) is 12.6 Å². The lowest BCUT2D eigenvalue weighted by Gasteiger charge is -1.96. The van der Waals surface area contributed by atoms with E-state index in [1.807, 2.05) is 0 Å². The Kier molecular flexibility index (Phi) is 14.5. The summed E-state index contributed by atoms with van der Waals surface area (Å²) in [5.74, 6) is 0.262. The van der Waals surface area contributed by atoms with Gasteiger partial charge in [0.1, 0.15) is 0 Å². The Morgan fingerprint density at radius 3 is 2.08 bits per heavy atom. The van der Waals surface area contributed by atoms with Crippen LogP contribution in [-0.4, -0.2) is 16.8 Å². The average molecular weight is 304 g/mol. The molecule has 1 N–H and O–H groups in total. The molecule has 0 saturated carbocycles. The van der Waals surface area contributed by atoms with E-state index in [9.17, 15) is 4.79 Å². The number of aliphatic carboxylic acids is 1. The number of thiol groups is 1. The van der Waals surface area contributed by atoms with E-state index < -0.39 is 5.97 Å². The molecular weight excluding hydrogens is 287 g/mol. The van der Waals surface area contributed by atoms with E-state index in [4.69, 9.17) is 5.11 Å². The molecule has 0 aromatic carbocycles. The summed E-state index contributed by atoms with van der Waals surface area (Å²) in [5.41, 5.74) is 0. The predicted octanol–water partition coefficient (Wildman–Crippen LogP) is 2.96. The lowest BCUT2D eigenvalue weighted by Crippen LogP contribution is -1.93. The summed E-state index contributed by atoms with van der Waals surface area (Å²) in [5, 5.41) is 8.30. The first-order valence-corrected chi connectivity index (χ1v) is 4.73. The van der Waals surface area contributed by atoms with Crippen LogP contribution in [0, 0.1) is 0 Å². The minimum Gasteiger partial charge on any atom is -0.481 e. The molecule has 74 valence electrons. The Morgan fingerprint density at radius 1 is 1.08 bits per heavy atom. The lowest BCUT2D eigenvalue weighted by molar-refractivity contribution is -0.137. The van der Waals surface area contributed by atoms with Crippen LogP contribution in [-0.2, 0) is 4.79 Å². The Labute approximate surface area is 96.5 Å². The van der Waals surface area contributed by atoms with Crippen molar-refractivity contribution >= 4 is 42.6 Å². The zero-order valence-electron chi connectivity index (χ0n) is 7.16. The summed E-state index contributed by atoms with van der Waals surface area (Å²) < 4.78 is 0. The van der Waals surface area contributed by atoms with Gasteiger partial charge in [-0.25, -0.2) is 0 Å². The Hall–Kier alpha value is 0.550. The first-order chi connectivity index (χ1) is 5.27. The molecule has 0 bridgehead atoms. The SMILES string of the molecule is I.O=C(O)CCCCCCCS. The summed E-state index contributed by atoms with van der Waals surface area (Å²) in [6, 6.07) is 0. The van der Waals surface area contributed by atoms with Crippen molar-refractivity contribution in [2.75, 3.05) is 5.75 Å². The van der Waals surface area contributed by atoms with E-state index in [0.29, 0.717) is 6.42 Å². The van der Waals surface area contributed by atoms with Gasteiger partial charge in [-0.1, -0.05) is 19.3 Å². The molecular formula is C8H17IO2S. The van der Waals surface area contributed by atoms with Crippen LogP contribution in [0.25, 0.3) is 0 Å². The molecule has 4 heteroatoms. The minimum absolute atomic E-state index is 0. The molecule has 0 amide bonds. The molecule has 0 heterocycles. The van der Waals surface area contributed by atoms with E-state index in [0.717, 1.165) is 31.4 Å². The van der Waals surface area contributed by atoms with Crippen molar-refractivity contribution in [3.63, 3.8) is 0 Å². The number of rotatable bonds is 7. The first kappa shape index (κ1) is 15.0. The van der Waals surface area contributed by atoms with Gasteiger partial charge in [0.15, 0.2) is 0 Å². The molecule has 0 aromatic heterocycles. The maximum Gasteiger partial charge on any atom is 0.303 e. The van der Waals surface area contributed by atoms with Gasteiger partial charge in [0.2, 0.25) is 0 Å². The Morgan fingerprint density at radius 2 is 1.58 bits per heavy atom. The smallest absolute Gasteiger partial charge is 0.303 e. The molecule has 0 unspecified atom stereocenters. The molecule has 0 aliphatic heterocycles. The first-order valence-electron chi connectivity index (χ1n) is 4.10. The third kappa shape index (κ3) is 13.2. The Balaban J connectivity index is 0. The fraction of sp³-hybridized carbons (Fsp3) is 0.875. The topological polar surface area (TPSA) is 37.3 Å². The van der Waals surface area contributed by atoms with Crippen LogP contribution in [0.5, 0.6) is 0 Å². The molecule has 0 saturated heterocycles. The summed E-state index contributed by atoms with van der Waals surface area (Å²) in [6.07, 6.45) is 5.66. The minimum atomic E-state index is -0.681. The summed E-state index contributed by atoms with van der Waals surface area (Å²) in [7, 11) is 0. The van der Waals surface area contributed by atoms with Crippen molar-refractivity contribution in [1.29, 1.82) is 0 Å². The fourth-order valence-electron chi connectivity index (χ4n) is 0.918. The third-order valence-electron chi connectivity index (χ3n) is 1.55. The molecule has 0 fully saturated rings. The second-order valence-corrected chi connectivity index (χ2v) is 3.08. The number of hydrogen-bond acceptors (Lipinski definition) is 2. The highest BCUT2D eigenvalue weighted by Gasteiger charge is 1.95. The number of unbranched alkanes of at least 4 members (excludes halogenated alkanes) is 4. The molecule has 0 aromatic rings. The number of carbonyl (C=O) groups is 1. The largest absolute Gasteiger partial charge is 0.481 e. The van der Waals surface area contributed by atoms with Crippen molar-refractivity contribution < 1.29 is 9.90 Å². The highest BCUT2D eigenvalue weighted by Crippen LogP contribution is 2.05. The van der Waals surface area contributed by atoms with Crippen LogP contribution < -0.4 is 0 Å². The molecule has 0 atom stereocenters. The Bertz CT molecular complexity index is 109. The average Bonchev–Trinajstić information content (AvgIpc) is 1.96. The van der Waals surface area contributed by atoms with Crippen LogP contribution in [0.15, 0.2) is 0 Å². The van der Waals surface area contributed by atoms with Crippen LogP contribution in [0.2, 0.25) is 0 Å². The van der Waals surface area contributed by atoms with Gasteiger partial charge in [0, 0.05) is 6.42 Å². The van der Waals surface area contributed by atoms with E-state index in [1.54, 1.807) is 0 Å². The molecule has 0 rings (SSSR count). The van der Waals surface area contributed by atoms with Crippen LogP contribution in [0.3, 0.4) is 0 Å². The third-order valence-corrected chi connectivity index (χ3v) is 1.86. The summed E-state index contributed by atoms with van der Waals surface area (Å²) >= 11 is 4.08. The molecule has 2 nitrogen and oxygen atoms in total. The number of carboxylic acid groups (broad SMARTS) is 1. The number of hydrogen-bond donors (Lipinski definition) is 2. The standard InChI is InChI=1S/C8H16O2S.HI/c9-8(10)6-4-2-1-3-5-7-11;/h11H,1-7H2,(H,9,10);1H. The second kappa shape index (κ2) is 11.6. The molecule has 0 radical (unpaired) electrons. The zero-order chi connectivity index (χ0) is 8.53. The summed E-state index contributed by atoms with van der Waals surface area (Å²) in [4.78, 5) is 10.1. The van der Waals surface area contributed by atoms with Gasteiger partial charge in [0.05, 0.1) is 0 Å². The van der Waals surface area contributed by atoms with Crippen molar-refractivity contribution in [3.8, 4) is 0 Å². The maximum absolute atomic E-state index is 10.1. The van der Waals surface area contributed by atoms with E-state index >= 15 is 0 Å². The van der Waals surface area contributed by atoms with Gasteiger partial charge >= 0.3 is 5.97 Å². The van der Waals surface area contributed by atoms with Crippen LogP contribution in [0.4, 0.5) is 0 Å². The predicted molar refractivity (Wildman–Crippen MR) is 64.6 cm³/mol. The van der Waals surface area contributed by atoms with Gasteiger partial charge < -0.3 is 5.11 Å². The van der Waals surface area contributed by atoms with Gasteiger partial charge in [-0.05, 0) is 18.6 Å². The second-order valence-electron chi connectivity index (χ2n) is 2.64. The highest BCUT2D eigenvalue weighted by atomic mass is 127. The molecule has 12 heavy (non-hydrogen) atoms. The highest BCUT2D eigenvalue weighted by molar-refractivity contribution is 14.0. The van der Waals surface area contributed by atoms with Gasteiger partial charge in [-0.15, -0.1) is 24.0 Å². The van der Waals surface area contributed by atoms with E-state index in [-0.39, 0.29) is 24.0 Å². The quantitative estimate of drug-likeness (QED) is 0.431. The number of carboxylic acids is 1. The van der Waals surface area contributed by atoms with Crippen LogP contribution in [0.1, 0.15) is 38.5 Å².